The van der Waals surface area contributed by atoms with Crippen LogP contribution in [0.25, 0.3) is 0 Å². The fourth-order valence-corrected chi connectivity index (χ4v) is 5.10. The number of ether oxygens (including phenoxy) is 1. The number of aryl methyl sites for hydroxylation is 2. The van der Waals surface area contributed by atoms with Crippen LogP contribution in [0.4, 0.5) is 0 Å². The molecule has 2 fully saturated rings. The van der Waals surface area contributed by atoms with E-state index in [1.54, 1.807) is 7.11 Å². The topological polar surface area (TPSA) is 62.7 Å². The Morgan fingerprint density at radius 3 is 2.43 bits per heavy atom. The number of β-lactam (4-membered cyclic amide) rings is 1. The van der Waals surface area contributed by atoms with Gasteiger partial charge in [-0.2, -0.15) is 0 Å². The molecular weight excluding hydrogens is 374 g/mol. The average Bonchev–Trinajstić information content (AvgIpc) is 3.06. The molecule has 2 aromatic rings. The number of hydrogen-bond donors (Lipinski definition) is 0. The van der Waals surface area contributed by atoms with Crippen molar-refractivity contribution in [2.45, 2.75) is 33.2 Å². The summed E-state index contributed by atoms with van der Waals surface area (Å²) in [5.74, 6) is 1.10. The molecule has 1 aromatic heterocycles. The highest BCUT2D eigenvalue weighted by Gasteiger charge is 2.53. The van der Waals surface area contributed by atoms with Crippen LogP contribution < -0.4 is 4.74 Å². The van der Waals surface area contributed by atoms with Crippen molar-refractivity contribution in [2.24, 2.45) is 5.41 Å². The SMILES string of the molecule is COc1ccc(CN2CC3(CCN(C(=O)c4sc(C)nc4C)CC3)C2=O)cc1. The summed E-state index contributed by atoms with van der Waals surface area (Å²) in [5, 5.41) is 0.915. The van der Waals surface area contributed by atoms with Gasteiger partial charge in [0.2, 0.25) is 5.91 Å². The Balaban J connectivity index is 1.34. The molecule has 2 saturated heterocycles. The molecule has 0 unspecified atom stereocenters. The monoisotopic (exact) mass is 399 g/mol. The van der Waals surface area contributed by atoms with Crippen molar-refractivity contribution in [1.82, 2.24) is 14.8 Å². The Labute approximate surface area is 169 Å². The molecule has 0 aliphatic carbocycles. The van der Waals surface area contributed by atoms with Crippen molar-refractivity contribution >= 4 is 23.2 Å². The predicted molar refractivity (Wildman–Crippen MR) is 108 cm³/mol. The zero-order valence-electron chi connectivity index (χ0n) is 16.5. The summed E-state index contributed by atoms with van der Waals surface area (Å²) in [4.78, 5) is 34.5. The summed E-state index contributed by atoms with van der Waals surface area (Å²) in [7, 11) is 1.65. The van der Waals surface area contributed by atoms with E-state index in [4.69, 9.17) is 4.74 Å². The van der Waals surface area contributed by atoms with Gasteiger partial charge in [-0.3, -0.25) is 9.59 Å². The maximum atomic E-state index is 12.9. The number of piperidine rings is 1. The van der Waals surface area contributed by atoms with Crippen molar-refractivity contribution in [3.63, 3.8) is 0 Å². The first kappa shape index (κ1) is 18.9. The van der Waals surface area contributed by atoms with Gasteiger partial charge in [0.25, 0.3) is 5.91 Å². The smallest absolute Gasteiger partial charge is 0.265 e. The highest BCUT2D eigenvalue weighted by molar-refractivity contribution is 7.13. The molecule has 0 saturated carbocycles. The Morgan fingerprint density at radius 2 is 1.89 bits per heavy atom. The van der Waals surface area contributed by atoms with Gasteiger partial charge >= 0.3 is 0 Å². The van der Waals surface area contributed by atoms with E-state index >= 15 is 0 Å². The van der Waals surface area contributed by atoms with Crippen molar-refractivity contribution in [3.8, 4) is 5.75 Å². The molecule has 148 valence electrons. The molecule has 2 aliphatic heterocycles. The van der Waals surface area contributed by atoms with Crippen molar-refractivity contribution in [3.05, 3.63) is 45.4 Å². The summed E-state index contributed by atoms with van der Waals surface area (Å²) in [6.45, 7) is 6.48. The van der Waals surface area contributed by atoms with Crippen molar-refractivity contribution < 1.29 is 14.3 Å². The molecule has 4 rings (SSSR count). The number of nitrogens with zero attached hydrogens (tertiary/aromatic N) is 3. The van der Waals surface area contributed by atoms with Crippen LogP contribution in [-0.2, 0) is 11.3 Å². The van der Waals surface area contributed by atoms with Gasteiger partial charge in [0.1, 0.15) is 10.6 Å². The van der Waals surface area contributed by atoms with E-state index in [1.165, 1.54) is 11.3 Å². The molecule has 6 nitrogen and oxygen atoms in total. The maximum Gasteiger partial charge on any atom is 0.265 e. The molecule has 0 atom stereocenters. The molecule has 1 aromatic carbocycles. The van der Waals surface area contributed by atoms with E-state index in [-0.39, 0.29) is 17.2 Å². The van der Waals surface area contributed by atoms with Crippen molar-refractivity contribution in [1.29, 1.82) is 0 Å². The minimum Gasteiger partial charge on any atom is -0.497 e. The Morgan fingerprint density at radius 1 is 1.21 bits per heavy atom. The Bertz CT molecular complexity index is 898. The molecule has 7 heteroatoms. The zero-order valence-corrected chi connectivity index (χ0v) is 17.3. The lowest BCUT2D eigenvalue weighted by Crippen LogP contribution is -2.64. The number of hydrogen-bond acceptors (Lipinski definition) is 5. The van der Waals surface area contributed by atoms with Gasteiger partial charge in [0.15, 0.2) is 0 Å². The Hall–Kier alpha value is -2.41. The second kappa shape index (κ2) is 7.20. The van der Waals surface area contributed by atoms with Gasteiger partial charge in [0, 0.05) is 26.2 Å². The molecule has 2 amide bonds. The highest BCUT2D eigenvalue weighted by Crippen LogP contribution is 2.42. The van der Waals surface area contributed by atoms with Crippen LogP contribution in [0, 0.1) is 19.3 Å². The van der Waals surface area contributed by atoms with E-state index in [9.17, 15) is 9.59 Å². The van der Waals surface area contributed by atoms with Gasteiger partial charge in [-0.15, -0.1) is 11.3 Å². The van der Waals surface area contributed by atoms with Gasteiger partial charge in [-0.05, 0) is 44.4 Å². The molecule has 28 heavy (non-hydrogen) atoms. The van der Waals surface area contributed by atoms with Crippen molar-refractivity contribution in [2.75, 3.05) is 26.7 Å². The molecule has 1 spiro atoms. The lowest BCUT2D eigenvalue weighted by atomic mass is 9.71. The highest BCUT2D eigenvalue weighted by atomic mass is 32.1. The first-order chi connectivity index (χ1) is 13.4. The normalized spacial score (nSPS) is 18.3. The molecule has 0 bridgehead atoms. The second-order valence-electron chi connectivity index (χ2n) is 7.73. The van der Waals surface area contributed by atoms with Crippen LogP contribution in [0.5, 0.6) is 5.75 Å². The third-order valence-electron chi connectivity index (χ3n) is 5.87. The van der Waals surface area contributed by atoms with E-state index < -0.39 is 0 Å². The summed E-state index contributed by atoms with van der Waals surface area (Å²) in [6.07, 6.45) is 1.49. The minimum atomic E-state index is -0.276. The van der Waals surface area contributed by atoms with Gasteiger partial charge < -0.3 is 14.5 Å². The van der Waals surface area contributed by atoms with E-state index in [0.717, 1.165) is 46.3 Å². The molecule has 0 radical (unpaired) electrons. The quantitative estimate of drug-likeness (QED) is 0.742. The van der Waals surface area contributed by atoms with Crippen LogP contribution in [0.1, 0.15) is 38.8 Å². The summed E-state index contributed by atoms with van der Waals surface area (Å²) >= 11 is 1.45. The van der Waals surface area contributed by atoms with Crippen LogP contribution in [0.3, 0.4) is 0 Å². The van der Waals surface area contributed by atoms with Gasteiger partial charge in [-0.1, -0.05) is 12.1 Å². The van der Waals surface area contributed by atoms with Crippen LogP contribution in [0.15, 0.2) is 24.3 Å². The minimum absolute atomic E-state index is 0.0554. The zero-order chi connectivity index (χ0) is 19.9. The number of rotatable bonds is 4. The summed E-state index contributed by atoms with van der Waals surface area (Å²) < 4.78 is 5.18. The lowest BCUT2D eigenvalue weighted by molar-refractivity contribution is -0.165. The Kier molecular flexibility index (Phi) is 4.87. The van der Waals surface area contributed by atoms with Crippen LogP contribution >= 0.6 is 11.3 Å². The number of likely N-dealkylation sites (tertiary alicyclic amines) is 2. The molecule has 3 heterocycles. The predicted octanol–water partition coefficient (Wildman–Crippen LogP) is 3.03. The van der Waals surface area contributed by atoms with Crippen LogP contribution in [-0.4, -0.2) is 53.3 Å². The third-order valence-corrected chi connectivity index (χ3v) is 6.93. The molecule has 2 aliphatic rings. The van der Waals surface area contributed by atoms with E-state index in [1.807, 2.05) is 47.9 Å². The number of carbonyl (C=O) groups is 2. The number of methoxy groups -OCH3 is 1. The largest absolute Gasteiger partial charge is 0.497 e. The van der Waals surface area contributed by atoms with Crippen LogP contribution in [0.2, 0.25) is 0 Å². The average molecular weight is 400 g/mol. The van der Waals surface area contributed by atoms with E-state index in [0.29, 0.717) is 19.6 Å². The maximum absolute atomic E-state index is 12.9. The number of benzene rings is 1. The third kappa shape index (κ3) is 3.28. The van der Waals surface area contributed by atoms with E-state index in [2.05, 4.69) is 4.98 Å². The fourth-order valence-electron chi connectivity index (χ4n) is 4.21. The standard InChI is InChI=1S/C21H25N3O3S/c1-14-18(28-15(2)22-14)19(25)23-10-8-21(9-11-23)13-24(20(21)26)12-16-4-6-17(27-3)7-5-16/h4-7H,8-13H2,1-3H3. The lowest BCUT2D eigenvalue weighted by Gasteiger charge is -2.52. The number of amides is 2. The number of aromatic nitrogens is 1. The summed E-state index contributed by atoms with van der Waals surface area (Å²) in [6, 6.07) is 7.83. The summed E-state index contributed by atoms with van der Waals surface area (Å²) in [5.41, 5.74) is 1.63. The second-order valence-corrected chi connectivity index (χ2v) is 8.93. The first-order valence-electron chi connectivity index (χ1n) is 9.57. The molecule has 0 N–H and O–H groups in total. The van der Waals surface area contributed by atoms with Gasteiger partial charge in [-0.25, -0.2) is 4.98 Å². The first-order valence-corrected chi connectivity index (χ1v) is 10.4. The number of thiazole rings is 1. The molecular formula is C21H25N3O3S. The fraction of sp³-hybridized carbons (Fsp3) is 0.476. The number of carbonyl (C=O) groups excluding carboxylic acids is 2. The van der Waals surface area contributed by atoms with Gasteiger partial charge in [0.05, 0.1) is 23.2 Å².